The van der Waals surface area contributed by atoms with Gasteiger partial charge in [-0.05, 0) is 0 Å². The zero-order valence-electron chi connectivity index (χ0n) is 8.50. The second-order valence-corrected chi connectivity index (χ2v) is 3.21. The van der Waals surface area contributed by atoms with Crippen LogP contribution in [0.2, 0.25) is 0 Å². The van der Waals surface area contributed by atoms with Gasteiger partial charge in [0.15, 0.2) is 0 Å². The van der Waals surface area contributed by atoms with Crippen molar-refractivity contribution in [2.75, 3.05) is 0 Å². The van der Waals surface area contributed by atoms with Crippen LogP contribution in [-0.2, 0) is 5.41 Å². The van der Waals surface area contributed by atoms with Crippen LogP contribution in [0.5, 0.6) is 0 Å². The van der Waals surface area contributed by atoms with Crippen molar-refractivity contribution in [2.45, 2.75) is 40.0 Å². The zero-order chi connectivity index (χ0) is 9.61. The first-order chi connectivity index (χ1) is 5.61. The van der Waals surface area contributed by atoms with Gasteiger partial charge in [-0.25, -0.2) is 15.0 Å². The van der Waals surface area contributed by atoms with E-state index in [2.05, 4.69) is 35.7 Å². The molecule has 68 valence electrons. The number of hydrogen-bond donors (Lipinski definition) is 0. The van der Waals surface area contributed by atoms with E-state index in [1.54, 1.807) is 0 Å². The smallest absolute Gasteiger partial charge is 0.137 e. The lowest BCUT2D eigenvalue weighted by Gasteiger charge is -2.14. The van der Waals surface area contributed by atoms with Crippen molar-refractivity contribution in [2.24, 2.45) is 0 Å². The van der Waals surface area contributed by atoms with Crippen molar-refractivity contribution in [3.8, 4) is 0 Å². The lowest BCUT2D eigenvalue weighted by molar-refractivity contribution is 0.541. The van der Waals surface area contributed by atoms with E-state index in [0.29, 0.717) is 0 Å². The first-order valence-corrected chi connectivity index (χ1v) is 4.23. The Bertz CT molecular complexity index is 201. The van der Waals surface area contributed by atoms with Crippen molar-refractivity contribution < 1.29 is 0 Å². The monoisotopic (exact) mass is 167 g/mol. The molecule has 1 aromatic heterocycles. The van der Waals surface area contributed by atoms with E-state index in [0.717, 1.165) is 5.82 Å². The Kier molecular flexibility index (Phi) is 4.40. The van der Waals surface area contributed by atoms with Crippen LogP contribution in [0.25, 0.3) is 0 Å². The predicted octanol–water partition coefficient (Wildman–Crippen LogP) is 2.20. The molecule has 3 heteroatoms. The first-order valence-electron chi connectivity index (χ1n) is 4.23. The zero-order valence-corrected chi connectivity index (χ0v) is 8.50. The summed E-state index contributed by atoms with van der Waals surface area (Å²) in [4.78, 5) is 11.8. The molecule has 0 radical (unpaired) electrons. The largest absolute Gasteiger partial charge is 0.225 e. The molecule has 0 atom stereocenters. The second-order valence-electron chi connectivity index (χ2n) is 3.21. The highest BCUT2D eigenvalue weighted by molar-refractivity contribution is 4.97. The minimum Gasteiger partial charge on any atom is -0.225 e. The van der Waals surface area contributed by atoms with E-state index in [1.807, 2.05) is 13.8 Å². The SMILES string of the molecule is CC.CC(C)(C)c1ncncn1. The van der Waals surface area contributed by atoms with Crippen molar-refractivity contribution in [3.63, 3.8) is 0 Å². The molecule has 0 aliphatic heterocycles. The summed E-state index contributed by atoms with van der Waals surface area (Å²) in [7, 11) is 0. The first kappa shape index (κ1) is 11.0. The summed E-state index contributed by atoms with van der Waals surface area (Å²) in [5, 5.41) is 0. The summed E-state index contributed by atoms with van der Waals surface area (Å²) in [5.74, 6) is 0.836. The fourth-order valence-corrected chi connectivity index (χ4v) is 0.626. The lowest BCUT2D eigenvalue weighted by Crippen LogP contribution is -2.15. The summed E-state index contributed by atoms with van der Waals surface area (Å²) in [6.45, 7) is 10.2. The molecule has 0 amide bonds. The molecule has 0 saturated carbocycles. The maximum Gasteiger partial charge on any atom is 0.137 e. The van der Waals surface area contributed by atoms with Crippen LogP contribution in [0, 0.1) is 0 Å². The average molecular weight is 167 g/mol. The van der Waals surface area contributed by atoms with Gasteiger partial charge >= 0.3 is 0 Å². The van der Waals surface area contributed by atoms with E-state index in [9.17, 15) is 0 Å². The summed E-state index contributed by atoms with van der Waals surface area (Å²) in [6.07, 6.45) is 3.04. The third-order valence-electron chi connectivity index (χ3n) is 1.16. The molecule has 0 saturated heterocycles. The van der Waals surface area contributed by atoms with Gasteiger partial charge < -0.3 is 0 Å². The van der Waals surface area contributed by atoms with Gasteiger partial charge in [0.05, 0.1) is 0 Å². The summed E-state index contributed by atoms with van der Waals surface area (Å²) in [5.41, 5.74) is 0.0307. The molecule has 0 aromatic carbocycles. The molecule has 1 heterocycles. The van der Waals surface area contributed by atoms with Crippen LogP contribution in [0.15, 0.2) is 12.7 Å². The van der Waals surface area contributed by atoms with Gasteiger partial charge in [-0.15, -0.1) is 0 Å². The highest BCUT2D eigenvalue weighted by atomic mass is 15.0. The predicted molar refractivity (Wildman–Crippen MR) is 49.9 cm³/mol. The highest BCUT2D eigenvalue weighted by Crippen LogP contribution is 2.15. The van der Waals surface area contributed by atoms with Gasteiger partial charge in [-0.3, -0.25) is 0 Å². The van der Waals surface area contributed by atoms with Crippen molar-refractivity contribution in [1.29, 1.82) is 0 Å². The molecule has 0 aliphatic carbocycles. The molecule has 0 N–H and O–H groups in total. The van der Waals surface area contributed by atoms with Crippen LogP contribution >= 0.6 is 0 Å². The Morgan fingerprint density at radius 2 is 1.42 bits per heavy atom. The van der Waals surface area contributed by atoms with Crippen LogP contribution in [-0.4, -0.2) is 15.0 Å². The fourth-order valence-electron chi connectivity index (χ4n) is 0.626. The minimum atomic E-state index is 0.0307. The van der Waals surface area contributed by atoms with Crippen LogP contribution < -0.4 is 0 Å². The number of rotatable bonds is 0. The maximum absolute atomic E-state index is 4.03. The third-order valence-corrected chi connectivity index (χ3v) is 1.16. The van der Waals surface area contributed by atoms with E-state index in [1.165, 1.54) is 12.7 Å². The molecule has 0 fully saturated rings. The van der Waals surface area contributed by atoms with E-state index >= 15 is 0 Å². The second kappa shape index (κ2) is 4.80. The Labute approximate surface area is 74.3 Å². The van der Waals surface area contributed by atoms with Crippen LogP contribution in [0.1, 0.15) is 40.4 Å². The van der Waals surface area contributed by atoms with Crippen molar-refractivity contribution in [3.05, 3.63) is 18.5 Å². The molecular formula is C9H17N3. The Hall–Kier alpha value is -0.990. The summed E-state index contributed by atoms with van der Waals surface area (Å²) < 4.78 is 0. The molecule has 0 aliphatic rings. The molecule has 12 heavy (non-hydrogen) atoms. The third kappa shape index (κ3) is 3.42. The maximum atomic E-state index is 4.03. The topological polar surface area (TPSA) is 38.7 Å². The van der Waals surface area contributed by atoms with Gasteiger partial charge in [0.2, 0.25) is 0 Å². The fraction of sp³-hybridized carbons (Fsp3) is 0.667. The van der Waals surface area contributed by atoms with Gasteiger partial charge in [-0.1, -0.05) is 34.6 Å². The number of nitrogens with zero attached hydrogens (tertiary/aromatic N) is 3. The normalized spacial score (nSPS) is 10.1. The molecule has 1 rings (SSSR count). The van der Waals surface area contributed by atoms with Crippen LogP contribution in [0.3, 0.4) is 0 Å². The molecule has 1 aromatic rings. The number of hydrogen-bond acceptors (Lipinski definition) is 3. The Morgan fingerprint density at radius 1 is 1.00 bits per heavy atom. The van der Waals surface area contributed by atoms with Gasteiger partial charge in [0.1, 0.15) is 18.5 Å². The van der Waals surface area contributed by atoms with E-state index in [-0.39, 0.29) is 5.41 Å². The van der Waals surface area contributed by atoms with Crippen LogP contribution in [0.4, 0.5) is 0 Å². The summed E-state index contributed by atoms with van der Waals surface area (Å²) >= 11 is 0. The van der Waals surface area contributed by atoms with Gasteiger partial charge in [-0.2, -0.15) is 0 Å². The Morgan fingerprint density at radius 3 is 1.67 bits per heavy atom. The quantitative estimate of drug-likeness (QED) is 0.594. The molecule has 0 unspecified atom stereocenters. The Balaban J connectivity index is 0.000000561. The molecule has 3 nitrogen and oxygen atoms in total. The number of aromatic nitrogens is 3. The molecule has 0 spiro atoms. The van der Waals surface area contributed by atoms with Crippen molar-refractivity contribution >= 4 is 0 Å². The lowest BCUT2D eigenvalue weighted by atomic mass is 9.96. The van der Waals surface area contributed by atoms with Gasteiger partial charge in [0, 0.05) is 5.41 Å². The highest BCUT2D eigenvalue weighted by Gasteiger charge is 2.15. The minimum absolute atomic E-state index is 0.0307. The van der Waals surface area contributed by atoms with Gasteiger partial charge in [0.25, 0.3) is 0 Å². The standard InChI is InChI=1S/C7H11N3.C2H6/c1-7(2,3)6-9-4-8-5-10-6;1-2/h4-5H,1-3H3;1-2H3. The van der Waals surface area contributed by atoms with Crippen molar-refractivity contribution in [1.82, 2.24) is 15.0 Å². The average Bonchev–Trinajstić information content (AvgIpc) is 2.08. The van der Waals surface area contributed by atoms with E-state index < -0.39 is 0 Å². The molecular weight excluding hydrogens is 150 g/mol. The van der Waals surface area contributed by atoms with E-state index in [4.69, 9.17) is 0 Å². The molecule has 0 bridgehead atoms. The summed E-state index contributed by atoms with van der Waals surface area (Å²) in [6, 6.07) is 0.